The number of likely N-dealkylation sites (tertiary alicyclic amines) is 1. The topological polar surface area (TPSA) is 89.4 Å². The zero-order valence-electron chi connectivity index (χ0n) is 12.1. The second-order valence-electron chi connectivity index (χ2n) is 5.36. The number of halogens is 1. The Morgan fingerprint density at radius 1 is 1.19 bits per heavy atom. The summed E-state index contributed by atoms with van der Waals surface area (Å²) < 4.78 is 0. The number of carbonyl (C=O) groups is 2. The summed E-state index contributed by atoms with van der Waals surface area (Å²) in [6.07, 6.45) is 3.06. The maximum atomic E-state index is 12.5. The number of hydrogen-bond donors (Lipinski definition) is 2. The molecular weight excluding hydrogens is 290 g/mol. The second-order valence-corrected chi connectivity index (χ2v) is 5.36. The molecule has 0 aromatic heterocycles. The van der Waals surface area contributed by atoms with Gasteiger partial charge < -0.3 is 16.4 Å². The van der Waals surface area contributed by atoms with Gasteiger partial charge in [-0.05, 0) is 50.5 Å². The van der Waals surface area contributed by atoms with Crippen molar-refractivity contribution in [1.82, 2.24) is 4.90 Å². The molecule has 21 heavy (non-hydrogen) atoms. The number of carbonyl (C=O) groups excluding carboxylic acids is 2. The molecule has 0 saturated carbocycles. The van der Waals surface area contributed by atoms with Crippen molar-refractivity contribution in [3.05, 3.63) is 35.4 Å². The Bertz CT molecular complexity index is 502. The van der Waals surface area contributed by atoms with Crippen molar-refractivity contribution >= 4 is 24.2 Å². The number of rotatable bonds is 3. The average Bonchev–Trinajstić information content (AvgIpc) is 2.46. The number of nitrogens with zero attached hydrogens (tertiary/aromatic N) is 1. The number of hydrogen-bond acceptors (Lipinski definition) is 3. The van der Waals surface area contributed by atoms with Gasteiger partial charge in [0.2, 0.25) is 5.91 Å². The van der Waals surface area contributed by atoms with Gasteiger partial charge in [0.25, 0.3) is 5.91 Å². The summed E-state index contributed by atoms with van der Waals surface area (Å²) in [6.45, 7) is 2.68. The monoisotopic (exact) mass is 311 g/mol. The summed E-state index contributed by atoms with van der Waals surface area (Å²) in [5.41, 5.74) is 12.2. The van der Waals surface area contributed by atoms with Crippen LogP contribution in [0.25, 0.3) is 0 Å². The van der Waals surface area contributed by atoms with E-state index in [1.165, 1.54) is 0 Å². The predicted octanol–water partition coefficient (Wildman–Crippen LogP) is 1.55. The van der Waals surface area contributed by atoms with Crippen LogP contribution in [0.15, 0.2) is 24.3 Å². The SMILES string of the molecule is CC(N)C1CCCCN1C(=O)c1ccc(C(N)=O)cc1.Cl. The van der Waals surface area contributed by atoms with Gasteiger partial charge in [0.15, 0.2) is 0 Å². The molecule has 2 atom stereocenters. The van der Waals surface area contributed by atoms with Crippen LogP contribution in [0.4, 0.5) is 0 Å². The number of piperidine rings is 1. The van der Waals surface area contributed by atoms with Crippen LogP contribution < -0.4 is 11.5 Å². The van der Waals surface area contributed by atoms with Gasteiger partial charge in [-0.15, -0.1) is 12.4 Å². The molecule has 2 rings (SSSR count). The summed E-state index contributed by atoms with van der Waals surface area (Å²) in [6, 6.07) is 6.52. The molecule has 116 valence electrons. The Labute approximate surface area is 131 Å². The Balaban J connectivity index is 0.00000220. The third-order valence-electron chi connectivity index (χ3n) is 3.83. The molecule has 0 spiro atoms. The van der Waals surface area contributed by atoms with Gasteiger partial charge in [0, 0.05) is 29.8 Å². The van der Waals surface area contributed by atoms with Gasteiger partial charge in [0.1, 0.15) is 0 Å². The molecule has 1 aliphatic heterocycles. The fourth-order valence-corrected chi connectivity index (χ4v) is 2.70. The molecule has 1 aromatic rings. The van der Waals surface area contributed by atoms with Crippen LogP contribution in [0.5, 0.6) is 0 Å². The molecule has 0 bridgehead atoms. The Hall–Kier alpha value is -1.59. The molecule has 1 aromatic carbocycles. The van der Waals surface area contributed by atoms with E-state index in [1.807, 2.05) is 11.8 Å². The van der Waals surface area contributed by atoms with Crippen LogP contribution in [-0.2, 0) is 0 Å². The van der Waals surface area contributed by atoms with Crippen LogP contribution in [0.3, 0.4) is 0 Å². The van der Waals surface area contributed by atoms with Crippen LogP contribution in [0.1, 0.15) is 46.9 Å². The fourth-order valence-electron chi connectivity index (χ4n) is 2.70. The zero-order chi connectivity index (χ0) is 14.7. The van der Waals surface area contributed by atoms with Gasteiger partial charge in [-0.3, -0.25) is 9.59 Å². The maximum absolute atomic E-state index is 12.5. The first kappa shape index (κ1) is 17.5. The van der Waals surface area contributed by atoms with Crippen LogP contribution in [0.2, 0.25) is 0 Å². The van der Waals surface area contributed by atoms with Crippen molar-refractivity contribution in [1.29, 1.82) is 0 Å². The molecular formula is C15H22ClN3O2. The smallest absolute Gasteiger partial charge is 0.254 e. The highest BCUT2D eigenvalue weighted by molar-refractivity contribution is 5.97. The first-order valence-electron chi connectivity index (χ1n) is 6.97. The molecule has 6 heteroatoms. The highest BCUT2D eigenvalue weighted by Crippen LogP contribution is 2.21. The Kier molecular flexibility index (Phi) is 6.18. The lowest BCUT2D eigenvalue weighted by atomic mass is 9.96. The Morgan fingerprint density at radius 3 is 2.29 bits per heavy atom. The summed E-state index contributed by atoms with van der Waals surface area (Å²) in [5.74, 6) is -0.515. The minimum atomic E-state index is -0.490. The van der Waals surface area contributed by atoms with E-state index in [9.17, 15) is 9.59 Å². The van der Waals surface area contributed by atoms with Crippen LogP contribution in [-0.4, -0.2) is 35.3 Å². The quantitative estimate of drug-likeness (QED) is 0.887. The lowest BCUT2D eigenvalue weighted by Gasteiger charge is -2.38. The predicted molar refractivity (Wildman–Crippen MR) is 84.5 cm³/mol. The highest BCUT2D eigenvalue weighted by atomic mass is 35.5. The Morgan fingerprint density at radius 2 is 1.76 bits per heavy atom. The fraction of sp³-hybridized carbons (Fsp3) is 0.467. The molecule has 4 N–H and O–H groups in total. The maximum Gasteiger partial charge on any atom is 0.254 e. The largest absolute Gasteiger partial charge is 0.366 e. The molecule has 1 heterocycles. The molecule has 2 amide bonds. The number of amides is 2. The third kappa shape index (κ3) is 3.95. The van der Waals surface area contributed by atoms with Gasteiger partial charge in [-0.2, -0.15) is 0 Å². The third-order valence-corrected chi connectivity index (χ3v) is 3.83. The van der Waals surface area contributed by atoms with Crippen molar-refractivity contribution in [2.75, 3.05) is 6.54 Å². The molecule has 0 aliphatic carbocycles. The standard InChI is InChI=1S/C15H21N3O2.ClH/c1-10(16)13-4-2-3-9-18(13)15(20)12-7-5-11(6-8-12)14(17)19;/h5-8,10,13H,2-4,9,16H2,1H3,(H2,17,19);1H. The molecule has 5 nitrogen and oxygen atoms in total. The van der Waals surface area contributed by atoms with E-state index in [0.29, 0.717) is 11.1 Å². The van der Waals surface area contributed by atoms with E-state index in [-0.39, 0.29) is 30.4 Å². The van der Waals surface area contributed by atoms with E-state index < -0.39 is 5.91 Å². The summed E-state index contributed by atoms with van der Waals surface area (Å²) in [7, 11) is 0. The minimum absolute atomic E-state index is 0. The van der Waals surface area contributed by atoms with Crippen molar-refractivity contribution in [3.63, 3.8) is 0 Å². The summed E-state index contributed by atoms with van der Waals surface area (Å²) in [5, 5.41) is 0. The number of nitrogens with two attached hydrogens (primary N) is 2. The van der Waals surface area contributed by atoms with Gasteiger partial charge >= 0.3 is 0 Å². The lowest BCUT2D eigenvalue weighted by molar-refractivity contribution is 0.0583. The summed E-state index contributed by atoms with van der Waals surface area (Å²) in [4.78, 5) is 25.4. The summed E-state index contributed by atoms with van der Waals surface area (Å²) >= 11 is 0. The average molecular weight is 312 g/mol. The van der Waals surface area contributed by atoms with Crippen molar-refractivity contribution in [2.45, 2.75) is 38.3 Å². The van der Waals surface area contributed by atoms with Crippen LogP contribution >= 0.6 is 12.4 Å². The van der Waals surface area contributed by atoms with Crippen LogP contribution in [0, 0.1) is 0 Å². The van der Waals surface area contributed by atoms with E-state index in [1.54, 1.807) is 24.3 Å². The molecule has 0 radical (unpaired) electrons. The van der Waals surface area contributed by atoms with E-state index >= 15 is 0 Å². The zero-order valence-corrected chi connectivity index (χ0v) is 12.9. The number of benzene rings is 1. The first-order valence-corrected chi connectivity index (χ1v) is 6.97. The molecule has 1 saturated heterocycles. The van der Waals surface area contributed by atoms with Gasteiger partial charge in [-0.25, -0.2) is 0 Å². The lowest BCUT2D eigenvalue weighted by Crippen LogP contribution is -2.51. The van der Waals surface area contributed by atoms with E-state index in [2.05, 4.69) is 0 Å². The van der Waals surface area contributed by atoms with Crippen molar-refractivity contribution in [3.8, 4) is 0 Å². The minimum Gasteiger partial charge on any atom is -0.366 e. The number of primary amides is 1. The first-order chi connectivity index (χ1) is 9.50. The molecule has 1 fully saturated rings. The van der Waals surface area contributed by atoms with Crippen molar-refractivity contribution in [2.24, 2.45) is 11.5 Å². The van der Waals surface area contributed by atoms with Gasteiger partial charge in [0.05, 0.1) is 0 Å². The van der Waals surface area contributed by atoms with E-state index in [4.69, 9.17) is 11.5 Å². The molecule has 1 aliphatic rings. The van der Waals surface area contributed by atoms with Gasteiger partial charge in [-0.1, -0.05) is 0 Å². The normalized spacial score (nSPS) is 19.5. The van der Waals surface area contributed by atoms with E-state index in [0.717, 1.165) is 25.8 Å². The molecule has 2 unspecified atom stereocenters. The highest BCUT2D eigenvalue weighted by Gasteiger charge is 2.29. The second kappa shape index (κ2) is 7.43. The van der Waals surface area contributed by atoms with Crippen molar-refractivity contribution < 1.29 is 9.59 Å².